The number of hydrogen-bond donors (Lipinski definition) is 1. The maximum absolute atomic E-state index is 12.8. The molecule has 1 aromatic carbocycles. The molecule has 1 fully saturated rings. The maximum Gasteiger partial charge on any atom is 0.416 e. The highest BCUT2D eigenvalue weighted by Gasteiger charge is 2.31. The predicted molar refractivity (Wildman–Crippen MR) is 79.5 cm³/mol. The van der Waals surface area contributed by atoms with Gasteiger partial charge in [0.2, 0.25) is 5.89 Å². The number of likely N-dealkylation sites (tertiary alicyclic amines) is 1. The molecule has 23 heavy (non-hydrogen) atoms. The zero-order valence-corrected chi connectivity index (χ0v) is 12.7. The number of hydrogen-bond acceptors (Lipinski definition) is 4. The number of halogens is 3. The van der Waals surface area contributed by atoms with Crippen LogP contribution in [0.3, 0.4) is 0 Å². The van der Waals surface area contributed by atoms with Crippen molar-refractivity contribution in [1.29, 1.82) is 0 Å². The Morgan fingerprint density at radius 1 is 1.39 bits per heavy atom. The van der Waals surface area contributed by atoms with Gasteiger partial charge in [0.1, 0.15) is 5.76 Å². The standard InChI is InChI=1S/C16H18F3N3O/c1-10-14(9-22-6-5-13(20)8-22)21-15(23-10)11-3-2-4-12(7-11)16(17,18)19/h2-4,7,13H,5-6,8-9,20H2,1H3/t13-/m1/s1. The van der Waals surface area contributed by atoms with Gasteiger partial charge in [-0.1, -0.05) is 6.07 Å². The summed E-state index contributed by atoms with van der Waals surface area (Å²) in [6.45, 7) is 4.06. The molecule has 3 rings (SSSR count). The van der Waals surface area contributed by atoms with E-state index in [0.717, 1.165) is 37.3 Å². The monoisotopic (exact) mass is 325 g/mol. The third kappa shape index (κ3) is 3.56. The molecular formula is C16H18F3N3O. The maximum atomic E-state index is 12.8. The minimum Gasteiger partial charge on any atom is -0.441 e. The van der Waals surface area contributed by atoms with Gasteiger partial charge in [-0.15, -0.1) is 0 Å². The molecule has 0 aliphatic carbocycles. The van der Waals surface area contributed by atoms with E-state index in [-0.39, 0.29) is 11.9 Å². The van der Waals surface area contributed by atoms with E-state index in [4.69, 9.17) is 10.2 Å². The molecule has 124 valence electrons. The zero-order chi connectivity index (χ0) is 16.6. The van der Waals surface area contributed by atoms with Crippen LogP contribution >= 0.6 is 0 Å². The van der Waals surface area contributed by atoms with Gasteiger partial charge in [0.15, 0.2) is 0 Å². The largest absolute Gasteiger partial charge is 0.441 e. The van der Waals surface area contributed by atoms with Crippen molar-refractivity contribution in [1.82, 2.24) is 9.88 Å². The number of aromatic nitrogens is 1. The Hall–Kier alpha value is -1.86. The summed E-state index contributed by atoms with van der Waals surface area (Å²) in [6.07, 6.45) is -3.44. The Morgan fingerprint density at radius 3 is 2.83 bits per heavy atom. The smallest absolute Gasteiger partial charge is 0.416 e. The summed E-state index contributed by atoms with van der Waals surface area (Å²) in [7, 11) is 0. The van der Waals surface area contributed by atoms with Crippen LogP contribution in [0.1, 0.15) is 23.4 Å². The average Bonchev–Trinajstić information content (AvgIpc) is 3.05. The number of nitrogens with two attached hydrogens (primary N) is 1. The number of nitrogens with zero attached hydrogens (tertiary/aromatic N) is 2. The van der Waals surface area contributed by atoms with Crippen LogP contribution in [-0.2, 0) is 12.7 Å². The Bertz CT molecular complexity index is 696. The highest BCUT2D eigenvalue weighted by molar-refractivity contribution is 5.55. The molecule has 2 heterocycles. The molecule has 0 bridgehead atoms. The number of rotatable bonds is 3. The lowest BCUT2D eigenvalue weighted by Crippen LogP contribution is -2.26. The van der Waals surface area contributed by atoms with Crippen molar-refractivity contribution in [2.75, 3.05) is 13.1 Å². The third-order valence-corrected chi connectivity index (χ3v) is 4.01. The molecule has 0 unspecified atom stereocenters. The summed E-state index contributed by atoms with van der Waals surface area (Å²) in [6, 6.07) is 5.18. The van der Waals surface area contributed by atoms with E-state index in [1.165, 1.54) is 6.07 Å². The third-order valence-electron chi connectivity index (χ3n) is 4.01. The van der Waals surface area contributed by atoms with Crippen LogP contribution < -0.4 is 5.73 Å². The van der Waals surface area contributed by atoms with Crippen LogP contribution in [0.4, 0.5) is 13.2 Å². The predicted octanol–water partition coefficient (Wildman–Crippen LogP) is 3.20. The van der Waals surface area contributed by atoms with Crippen LogP contribution in [-0.4, -0.2) is 29.0 Å². The lowest BCUT2D eigenvalue weighted by molar-refractivity contribution is -0.137. The molecule has 0 amide bonds. The summed E-state index contributed by atoms with van der Waals surface area (Å²) in [4.78, 5) is 6.55. The Balaban J connectivity index is 1.83. The fraction of sp³-hybridized carbons (Fsp3) is 0.438. The summed E-state index contributed by atoms with van der Waals surface area (Å²) in [5, 5.41) is 0. The van der Waals surface area contributed by atoms with E-state index in [2.05, 4.69) is 9.88 Å². The molecule has 4 nitrogen and oxygen atoms in total. The first-order valence-electron chi connectivity index (χ1n) is 7.45. The van der Waals surface area contributed by atoms with E-state index in [1.54, 1.807) is 13.0 Å². The van der Waals surface area contributed by atoms with Crippen LogP contribution in [0, 0.1) is 6.92 Å². The van der Waals surface area contributed by atoms with E-state index in [0.29, 0.717) is 17.9 Å². The highest BCUT2D eigenvalue weighted by Crippen LogP contribution is 2.32. The molecule has 1 saturated heterocycles. The zero-order valence-electron chi connectivity index (χ0n) is 12.7. The van der Waals surface area contributed by atoms with Crippen molar-refractivity contribution in [2.45, 2.75) is 32.1 Å². The van der Waals surface area contributed by atoms with Gasteiger partial charge in [0, 0.05) is 31.2 Å². The molecule has 1 aliphatic heterocycles. The van der Waals surface area contributed by atoms with Gasteiger partial charge in [0.25, 0.3) is 0 Å². The molecule has 0 spiro atoms. The van der Waals surface area contributed by atoms with Crippen molar-refractivity contribution in [2.24, 2.45) is 5.73 Å². The summed E-state index contributed by atoms with van der Waals surface area (Å²) in [5.41, 5.74) is 6.24. The highest BCUT2D eigenvalue weighted by atomic mass is 19.4. The van der Waals surface area contributed by atoms with E-state index < -0.39 is 11.7 Å². The van der Waals surface area contributed by atoms with Crippen molar-refractivity contribution < 1.29 is 17.6 Å². The fourth-order valence-electron chi connectivity index (χ4n) is 2.74. The van der Waals surface area contributed by atoms with Gasteiger partial charge in [-0.25, -0.2) is 4.98 Å². The summed E-state index contributed by atoms with van der Waals surface area (Å²) in [5.74, 6) is 0.838. The van der Waals surface area contributed by atoms with Crippen LogP contribution in [0.25, 0.3) is 11.5 Å². The molecule has 7 heteroatoms. The van der Waals surface area contributed by atoms with Crippen molar-refractivity contribution in [3.8, 4) is 11.5 Å². The molecule has 2 aromatic rings. The van der Waals surface area contributed by atoms with Crippen molar-refractivity contribution >= 4 is 0 Å². The van der Waals surface area contributed by atoms with Gasteiger partial charge < -0.3 is 10.2 Å². The summed E-state index contributed by atoms with van der Waals surface area (Å²) < 4.78 is 44.0. The minimum atomic E-state index is -4.38. The lowest BCUT2D eigenvalue weighted by Gasteiger charge is -2.12. The Labute approximate surface area is 132 Å². The second kappa shape index (κ2) is 5.98. The molecular weight excluding hydrogens is 307 g/mol. The number of oxazole rings is 1. The molecule has 0 saturated carbocycles. The van der Waals surface area contributed by atoms with Crippen LogP contribution in [0.15, 0.2) is 28.7 Å². The lowest BCUT2D eigenvalue weighted by atomic mass is 10.1. The van der Waals surface area contributed by atoms with Crippen molar-refractivity contribution in [3.63, 3.8) is 0 Å². The molecule has 2 N–H and O–H groups in total. The summed E-state index contributed by atoms with van der Waals surface area (Å²) >= 11 is 0. The van der Waals surface area contributed by atoms with Gasteiger partial charge in [-0.2, -0.15) is 13.2 Å². The number of alkyl halides is 3. The number of benzene rings is 1. The Kier molecular flexibility index (Phi) is 4.16. The van der Waals surface area contributed by atoms with Gasteiger partial charge in [-0.05, 0) is 31.5 Å². The van der Waals surface area contributed by atoms with Crippen molar-refractivity contribution in [3.05, 3.63) is 41.3 Å². The van der Waals surface area contributed by atoms with E-state index in [9.17, 15) is 13.2 Å². The first-order valence-corrected chi connectivity index (χ1v) is 7.45. The molecule has 1 aromatic heterocycles. The molecule has 1 aliphatic rings. The normalized spacial score (nSPS) is 19.4. The molecule has 0 radical (unpaired) electrons. The van der Waals surface area contributed by atoms with Crippen LogP contribution in [0.2, 0.25) is 0 Å². The fourth-order valence-corrected chi connectivity index (χ4v) is 2.74. The molecule has 1 atom stereocenters. The topological polar surface area (TPSA) is 55.3 Å². The number of aryl methyl sites for hydroxylation is 1. The van der Waals surface area contributed by atoms with Gasteiger partial charge in [0.05, 0.1) is 11.3 Å². The van der Waals surface area contributed by atoms with E-state index in [1.807, 2.05) is 0 Å². The first-order chi connectivity index (χ1) is 10.8. The Morgan fingerprint density at radius 2 is 2.17 bits per heavy atom. The van der Waals surface area contributed by atoms with Gasteiger partial charge in [-0.3, -0.25) is 4.90 Å². The van der Waals surface area contributed by atoms with Gasteiger partial charge >= 0.3 is 6.18 Å². The van der Waals surface area contributed by atoms with E-state index >= 15 is 0 Å². The first kappa shape index (κ1) is 16.0. The second-order valence-electron chi connectivity index (χ2n) is 5.88. The van der Waals surface area contributed by atoms with Crippen LogP contribution in [0.5, 0.6) is 0 Å². The quantitative estimate of drug-likeness (QED) is 0.941. The SMILES string of the molecule is Cc1oc(-c2cccc(C(F)(F)F)c2)nc1CN1CC[C@@H](N)C1. The minimum absolute atomic E-state index is 0.171. The second-order valence-corrected chi connectivity index (χ2v) is 5.88. The average molecular weight is 325 g/mol.